The van der Waals surface area contributed by atoms with E-state index in [4.69, 9.17) is 5.11 Å². The number of nitro benzene ring substituents is 1. The SMILES string of the molecule is C/C(=N/NCCO)c1ccc([N+](=O)[O-])cc1. The molecule has 0 unspecified atom stereocenters. The maximum atomic E-state index is 10.4. The Morgan fingerprint density at radius 1 is 1.50 bits per heavy atom. The van der Waals surface area contributed by atoms with Gasteiger partial charge in [0.25, 0.3) is 5.69 Å². The molecular formula is C10H13N3O3. The molecule has 0 fully saturated rings. The lowest BCUT2D eigenvalue weighted by Crippen LogP contribution is -2.13. The summed E-state index contributed by atoms with van der Waals surface area (Å²) in [4.78, 5) is 9.98. The zero-order valence-corrected chi connectivity index (χ0v) is 8.88. The van der Waals surface area contributed by atoms with Crippen molar-refractivity contribution in [2.24, 2.45) is 5.10 Å². The standard InChI is InChI=1S/C10H13N3O3/c1-8(12-11-6-7-14)9-2-4-10(5-3-9)13(15)16/h2-5,11,14H,6-7H2,1H3/b12-8-. The Balaban J connectivity index is 2.73. The Bertz CT molecular complexity index is 387. The highest BCUT2D eigenvalue weighted by molar-refractivity contribution is 5.98. The van der Waals surface area contributed by atoms with Gasteiger partial charge in [0, 0.05) is 12.1 Å². The molecule has 6 nitrogen and oxygen atoms in total. The average molecular weight is 223 g/mol. The van der Waals surface area contributed by atoms with Crippen LogP contribution >= 0.6 is 0 Å². The Kier molecular flexibility index (Phi) is 4.41. The Labute approximate surface area is 92.8 Å². The summed E-state index contributed by atoms with van der Waals surface area (Å²) >= 11 is 0. The van der Waals surface area contributed by atoms with E-state index in [1.165, 1.54) is 12.1 Å². The zero-order chi connectivity index (χ0) is 12.0. The van der Waals surface area contributed by atoms with Crippen LogP contribution in [0.1, 0.15) is 12.5 Å². The van der Waals surface area contributed by atoms with E-state index >= 15 is 0 Å². The van der Waals surface area contributed by atoms with Gasteiger partial charge in [-0.2, -0.15) is 5.10 Å². The number of hydrogen-bond donors (Lipinski definition) is 2. The predicted molar refractivity (Wildman–Crippen MR) is 60.4 cm³/mol. The molecule has 6 heteroatoms. The van der Waals surface area contributed by atoms with Gasteiger partial charge in [0.1, 0.15) is 0 Å². The first kappa shape index (κ1) is 12.1. The van der Waals surface area contributed by atoms with Crippen LogP contribution < -0.4 is 5.43 Å². The van der Waals surface area contributed by atoms with Crippen molar-refractivity contribution < 1.29 is 10.0 Å². The van der Waals surface area contributed by atoms with Crippen LogP contribution in [0, 0.1) is 10.1 Å². The van der Waals surface area contributed by atoms with Gasteiger partial charge in [-0.15, -0.1) is 0 Å². The van der Waals surface area contributed by atoms with Crippen LogP contribution in [0.3, 0.4) is 0 Å². The lowest BCUT2D eigenvalue weighted by atomic mass is 10.1. The molecule has 0 radical (unpaired) electrons. The minimum atomic E-state index is -0.444. The van der Waals surface area contributed by atoms with Crippen molar-refractivity contribution >= 4 is 11.4 Å². The van der Waals surface area contributed by atoms with E-state index in [1.807, 2.05) is 0 Å². The molecule has 0 heterocycles. The van der Waals surface area contributed by atoms with Gasteiger partial charge in [-0.05, 0) is 24.6 Å². The number of benzene rings is 1. The lowest BCUT2D eigenvalue weighted by Gasteiger charge is -2.01. The van der Waals surface area contributed by atoms with Gasteiger partial charge < -0.3 is 10.5 Å². The van der Waals surface area contributed by atoms with Crippen molar-refractivity contribution in [1.82, 2.24) is 5.43 Å². The van der Waals surface area contributed by atoms with Gasteiger partial charge in [0.2, 0.25) is 0 Å². The number of nitrogens with zero attached hydrogens (tertiary/aromatic N) is 2. The monoisotopic (exact) mass is 223 g/mol. The van der Waals surface area contributed by atoms with Crippen molar-refractivity contribution in [3.63, 3.8) is 0 Å². The second-order valence-electron chi connectivity index (χ2n) is 3.13. The van der Waals surface area contributed by atoms with Gasteiger partial charge in [-0.1, -0.05) is 0 Å². The summed E-state index contributed by atoms with van der Waals surface area (Å²) in [5.41, 5.74) is 4.24. The summed E-state index contributed by atoms with van der Waals surface area (Å²) in [6.45, 7) is 2.17. The maximum Gasteiger partial charge on any atom is 0.269 e. The second-order valence-corrected chi connectivity index (χ2v) is 3.13. The first-order chi connectivity index (χ1) is 7.65. The molecule has 0 spiro atoms. The molecule has 0 saturated heterocycles. The van der Waals surface area contributed by atoms with Gasteiger partial charge >= 0.3 is 0 Å². The van der Waals surface area contributed by atoms with Crippen molar-refractivity contribution in [2.45, 2.75) is 6.92 Å². The van der Waals surface area contributed by atoms with Crippen molar-refractivity contribution in [3.05, 3.63) is 39.9 Å². The van der Waals surface area contributed by atoms with Crippen LogP contribution in [0.5, 0.6) is 0 Å². The molecular weight excluding hydrogens is 210 g/mol. The fourth-order valence-corrected chi connectivity index (χ4v) is 1.11. The van der Waals surface area contributed by atoms with Gasteiger partial charge in [-0.25, -0.2) is 0 Å². The first-order valence-electron chi connectivity index (χ1n) is 4.78. The third-order valence-electron chi connectivity index (χ3n) is 1.97. The number of hydrogen-bond acceptors (Lipinski definition) is 5. The maximum absolute atomic E-state index is 10.4. The number of nitrogens with one attached hydrogen (secondary N) is 1. The second kappa shape index (κ2) is 5.82. The molecule has 16 heavy (non-hydrogen) atoms. The van der Waals surface area contributed by atoms with E-state index in [2.05, 4.69) is 10.5 Å². The van der Waals surface area contributed by atoms with E-state index in [9.17, 15) is 10.1 Å². The molecule has 0 bridgehead atoms. The highest BCUT2D eigenvalue weighted by Crippen LogP contribution is 2.12. The molecule has 86 valence electrons. The zero-order valence-electron chi connectivity index (χ0n) is 8.88. The molecule has 0 aliphatic rings. The molecule has 1 aromatic rings. The Hall–Kier alpha value is -1.95. The largest absolute Gasteiger partial charge is 0.394 e. The van der Waals surface area contributed by atoms with Crippen LogP contribution in [0.4, 0.5) is 5.69 Å². The fourth-order valence-electron chi connectivity index (χ4n) is 1.11. The molecule has 0 saturated carbocycles. The summed E-state index contributed by atoms with van der Waals surface area (Å²) < 4.78 is 0. The molecule has 1 aromatic carbocycles. The quantitative estimate of drug-likeness (QED) is 0.336. The molecule has 0 aliphatic heterocycles. The average Bonchev–Trinajstić information content (AvgIpc) is 2.29. The van der Waals surface area contributed by atoms with Crippen LogP contribution in [-0.4, -0.2) is 28.9 Å². The summed E-state index contributed by atoms with van der Waals surface area (Å²) in [6, 6.07) is 6.13. The lowest BCUT2D eigenvalue weighted by molar-refractivity contribution is -0.384. The van der Waals surface area contributed by atoms with E-state index in [-0.39, 0.29) is 12.3 Å². The highest BCUT2D eigenvalue weighted by atomic mass is 16.6. The van der Waals surface area contributed by atoms with Crippen LogP contribution in [0.25, 0.3) is 0 Å². The number of nitro groups is 1. The normalized spacial score (nSPS) is 11.2. The van der Waals surface area contributed by atoms with Crippen LogP contribution in [0.15, 0.2) is 29.4 Å². The minimum Gasteiger partial charge on any atom is -0.394 e. The van der Waals surface area contributed by atoms with Gasteiger partial charge in [0.15, 0.2) is 0 Å². The van der Waals surface area contributed by atoms with Crippen molar-refractivity contribution in [1.29, 1.82) is 0 Å². The number of hydrazone groups is 1. The Morgan fingerprint density at radius 3 is 2.62 bits per heavy atom. The van der Waals surface area contributed by atoms with Gasteiger partial charge in [-0.3, -0.25) is 10.1 Å². The predicted octanol–water partition coefficient (Wildman–Crippen LogP) is 0.901. The summed E-state index contributed by atoms with van der Waals surface area (Å²) in [6.07, 6.45) is 0. The third-order valence-corrected chi connectivity index (χ3v) is 1.97. The van der Waals surface area contributed by atoms with Gasteiger partial charge in [0.05, 0.1) is 23.8 Å². The molecule has 0 aliphatic carbocycles. The van der Waals surface area contributed by atoms with Crippen molar-refractivity contribution in [2.75, 3.05) is 13.2 Å². The topological polar surface area (TPSA) is 87.8 Å². The highest BCUT2D eigenvalue weighted by Gasteiger charge is 2.04. The van der Waals surface area contributed by atoms with Crippen molar-refractivity contribution in [3.8, 4) is 0 Å². The Morgan fingerprint density at radius 2 is 2.12 bits per heavy atom. The summed E-state index contributed by atoms with van der Waals surface area (Å²) in [5, 5.41) is 23.0. The molecule has 0 aromatic heterocycles. The first-order valence-corrected chi connectivity index (χ1v) is 4.78. The molecule has 0 atom stereocenters. The van der Waals surface area contributed by atoms with E-state index in [0.29, 0.717) is 12.3 Å². The molecule has 1 rings (SSSR count). The minimum absolute atomic E-state index is 0.0110. The van der Waals surface area contributed by atoms with Crippen LogP contribution in [-0.2, 0) is 0 Å². The van der Waals surface area contributed by atoms with E-state index in [0.717, 1.165) is 5.56 Å². The fraction of sp³-hybridized carbons (Fsp3) is 0.300. The van der Waals surface area contributed by atoms with E-state index < -0.39 is 4.92 Å². The summed E-state index contributed by atoms with van der Waals surface area (Å²) in [7, 11) is 0. The van der Waals surface area contributed by atoms with Crippen LogP contribution in [0.2, 0.25) is 0 Å². The summed E-state index contributed by atoms with van der Waals surface area (Å²) in [5.74, 6) is 0. The van der Waals surface area contributed by atoms with E-state index in [1.54, 1.807) is 19.1 Å². The smallest absolute Gasteiger partial charge is 0.269 e. The number of rotatable bonds is 5. The number of aliphatic hydroxyl groups is 1. The molecule has 0 amide bonds. The number of aliphatic hydroxyl groups excluding tert-OH is 1. The third kappa shape index (κ3) is 3.32. The molecule has 2 N–H and O–H groups in total. The number of non-ortho nitro benzene ring substituents is 1.